The first kappa shape index (κ1) is 10.8. The molecule has 0 aliphatic rings. The summed E-state index contributed by atoms with van der Waals surface area (Å²) in [6.07, 6.45) is 3.74. The van der Waals surface area contributed by atoms with Crippen LogP contribution in [0.5, 0.6) is 5.75 Å². The molecule has 0 aromatic heterocycles. The van der Waals surface area contributed by atoms with Gasteiger partial charge in [-0.3, -0.25) is 0 Å². The van der Waals surface area contributed by atoms with Gasteiger partial charge in [-0.25, -0.2) is 0 Å². The second-order valence-corrected chi connectivity index (χ2v) is 3.99. The van der Waals surface area contributed by atoms with E-state index in [0.29, 0.717) is 0 Å². The van der Waals surface area contributed by atoms with Crippen molar-refractivity contribution in [1.82, 2.24) is 0 Å². The smallest absolute Gasteiger partial charge is 0.119 e. The molecule has 0 radical (unpaired) electrons. The van der Waals surface area contributed by atoms with Gasteiger partial charge < -0.3 is 4.74 Å². The average Bonchev–Trinajstić information content (AvgIpc) is 2.19. The van der Waals surface area contributed by atoms with E-state index < -0.39 is 0 Å². The Morgan fingerprint density at radius 2 is 1.77 bits per heavy atom. The van der Waals surface area contributed by atoms with Crippen molar-refractivity contribution >= 4 is 22.6 Å². The van der Waals surface area contributed by atoms with Crippen LogP contribution in [0, 0.1) is 0 Å². The molecule has 0 unspecified atom stereocenters. The van der Waals surface area contributed by atoms with Gasteiger partial charge in [0.1, 0.15) is 5.75 Å². The lowest BCUT2D eigenvalue weighted by Gasteiger charge is -2.04. The first-order chi connectivity index (χ1) is 6.43. The molecule has 1 aromatic carbocycles. The third-order valence-corrected chi connectivity index (χ3v) is 2.55. The van der Waals surface area contributed by atoms with Crippen LogP contribution in [0.2, 0.25) is 0 Å². The molecule has 1 nitrogen and oxygen atoms in total. The second-order valence-electron chi connectivity index (χ2n) is 2.91. The van der Waals surface area contributed by atoms with Crippen molar-refractivity contribution in [2.24, 2.45) is 0 Å². The number of benzene rings is 1. The number of hydrogen-bond donors (Lipinski definition) is 0. The Morgan fingerprint density at radius 1 is 1.00 bits per heavy atom. The molecule has 13 heavy (non-hydrogen) atoms. The Morgan fingerprint density at radius 3 is 2.46 bits per heavy atom. The van der Waals surface area contributed by atoms with Crippen LogP contribution in [0.25, 0.3) is 0 Å². The highest BCUT2D eigenvalue weighted by Crippen LogP contribution is 2.09. The minimum atomic E-state index is 0.848. The summed E-state index contributed by atoms with van der Waals surface area (Å²) in [4.78, 5) is 0. The largest absolute Gasteiger partial charge is 0.494 e. The molecule has 0 fully saturated rings. The molecule has 1 rings (SSSR count). The Labute approximate surface area is 93.6 Å². The number of hydrogen-bond acceptors (Lipinski definition) is 1. The lowest BCUT2D eigenvalue weighted by molar-refractivity contribution is 0.306. The van der Waals surface area contributed by atoms with E-state index in [2.05, 4.69) is 22.6 Å². The number of unbranched alkanes of at least 4 members (excludes halogenated alkanes) is 2. The van der Waals surface area contributed by atoms with Crippen molar-refractivity contribution in [3.8, 4) is 5.75 Å². The standard InChI is InChI=1S/C11H15IO/c12-9-5-2-6-10-13-11-7-3-1-4-8-11/h1,3-4,7-8H,2,5-6,9-10H2. The lowest BCUT2D eigenvalue weighted by Crippen LogP contribution is -1.96. The number of halogens is 1. The van der Waals surface area contributed by atoms with Crippen LogP contribution in [0.3, 0.4) is 0 Å². The van der Waals surface area contributed by atoms with Crippen molar-refractivity contribution in [3.63, 3.8) is 0 Å². The van der Waals surface area contributed by atoms with E-state index in [1.54, 1.807) is 0 Å². The quantitative estimate of drug-likeness (QED) is 0.441. The van der Waals surface area contributed by atoms with Crippen LogP contribution >= 0.6 is 22.6 Å². The van der Waals surface area contributed by atoms with E-state index in [9.17, 15) is 0 Å². The average molecular weight is 290 g/mol. The fourth-order valence-electron chi connectivity index (χ4n) is 1.08. The van der Waals surface area contributed by atoms with E-state index >= 15 is 0 Å². The number of rotatable bonds is 6. The van der Waals surface area contributed by atoms with E-state index in [4.69, 9.17) is 4.74 Å². The predicted octanol–water partition coefficient (Wildman–Crippen LogP) is 3.67. The predicted molar refractivity (Wildman–Crippen MR) is 64.7 cm³/mol. The van der Waals surface area contributed by atoms with E-state index in [1.165, 1.54) is 17.3 Å². The Hall–Kier alpha value is -0.250. The monoisotopic (exact) mass is 290 g/mol. The van der Waals surface area contributed by atoms with Crippen LogP contribution in [0.1, 0.15) is 19.3 Å². The first-order valence-corrected chi connectivity index (χ1v) is 6.20. The molecular weight excluding hydrogens is 275 g/mol. The van der Waals surface area contributed by atoms with Crippen LogP contribution in [-0.4, -0.2) is 11.0 Å². The summed E-state index contributed by atoms with van der Waals surface area (Å²) in [5.41, 5.74) is 0. The topological polar surface area (TPSA) is 9.23 Å². The summed E-state index contributed by atoms with van der Waals surface area (Å²) in [6, 6.07) is 10.00. The summed E-state index contributed by atoms with van der Waals surface area (Å²) in [6.45, 7) is 0.848. The minimum absolute atomic E-state index is 0.848. The van der Waals surface area contributed by atoms with Gasteiger partial charge in [-0.05, 0) is 35.8 Å². The normalized spacial score (nSPS) is 9.92. The SMILES string of the molecule is ICCCCCOc1ccccc1. The zero-order chi connectivity index (χ0) is 9.36. The maximum Gasteiger partial charge on any atom is 0.119 e. The molecule has 0 bridgehead atoms. The highest BCUT2D eigenvalue weighted by Gasteiger charge is 1.91. The molecule has 0 aliphatic heterocycles. The van der Waals surface area contributed by atoms with Gasteiger partial charge in [0, 0.05) is 0 Å². The molecule has 0 saturated heterocycles. The van der Waals surface area contributed by atoms with Crippen molar-refractivity contribution in [2.75, 3.05) is 11.0 Å². The van der Waals surface area contributed by atoms with Gasteiger partial charge in [0.2, 0.25) is 0 Å². The third-order valence-electron chi connectivity index (χ3n) is 1.79. The summed E-state index contributed by atoms with van der Waals surface area (Å²) in [5.74, 6) is 0.983. The highest BCUT2D eigenvalue weighted by molar-refractivity contribution is 14.1. The molecule has 0 saturated carbocycles. The zero-order valence-corrected chi connectivity index (χ0v) is 9.87. The maximum atomic E-state index is 5.55. The molecule has 0 spiro atoms. The Balaban J connectivity index is 2.07. The molecule has 0 aliphatic carbocycles. The van der Waals surface area contributed by atoms with Crippen LogP contribution in [0.4, 0.5) is 0 Å². The van der Waals surface area contributed by atoms with Gasteiger partial charge in [-0.2, -0.15) is 0 Å². The summed E-state index contributed by atoms with van der Waals surface area (Å²) < 4.78 is 6.80. The summed E-state index contributed by atoms with van der Waals surface area (Å²) >= 11 is 2.41. The first-order valence-electron chi connectivity index (χ1n) is 4.67. The Bertz CT molecular complexity index is 211. The van der Waals surface area contributed by atoms with Gasteiger partial charge in [0.15, 0.2) is 0 Å². The number of ether oxygens (including phenoxy) is 1. The number of para-hydroxylation sites is 1. The molecule has 72 valence electrons. The fourth-order valence-corrected chi connectivity index (χ4v) is 1.62. The van der Waals surface area contributed by atoms with Gasteiger partial charge in [-0.15, -0.1) is 0 Å². The van der Waals surface area contributed by atoms with Gasteiger partial charge in [0.25, 0.3) is 0 Å². The van der Waals surface area contributed by atoms with Crippen molar-refractivity contribution in [2.45, 2.75) is 19.3 Å². The highest BCUT2D eigenvalue weighted by atomic mass is 127. The fraction of sp³-hybridized carbons (Fsp3) is 0.455. The molecule has 2 heteroatoms. The molecule has 0 heterocycles. The molecule has 1 aromatic rings. The van der Waals surface area contributed by atoms with Crippen LogP contribution in [0.15, 0.2) is 30.3 Å². The van der Waals surface area contributed by atoms with E-state index in [1.807, 2.05) is 30.3 Å². The maximum absolute atomic E-state index is 5.55. The Kier molecular flexibility index (Phi) is 5.98. The van der Waals surface area contributed by atoms with Crippen LogP contribution < -0.4 is 4.74 Å². The lowest BCUT2D eigenvalue weighted by atomic mass is 10.3. The van der Waals surface area contributed by atoms with Gasteiger partial charge >= 0.3 is 0 Å². The van der Waals surface area contributed by atoms with Crippen molar-refractivity contribution in [1.29, 1.82) is 0 Å². The molecular formula is C11H15IO. The van der Waals surface area contributed by atoms with Crippen LogP contribution in [-0.2, 0) is 0 Å². The zero-order valence-electron chi connectivity index (χ0n) is 7.71. The summed E-state index contributed by atoms with van der Waals surface area (Å²) in [5, 5.41) is 0. The third kappa shape index (κ3) is 5.13. The van der Waals surface area contributed by atoms with E-state index in [-0.39, 0.29) is 0 Å². The molecule has 0 amide bonds. The molecule has 0 N–H and O–H groups in total. The summed E-state index contributed by atoms with van der Waals surface area (Å²) in [7, 11) is 0. The van der Waals surface area contributed by atoms with E-state index in [0.717, 1.165) is 18.8 Å². The van der Waals surface area contributed by atoms with Crippen molar-refractivity contribution in [3.05, 3.63) is 30.3 Å². The van der Waals surface area contributed by atoms with Gasteiger partial charge in [-0.1, -0.05) is 40.8 Å². The number of alkyl halides is 1. The van der Waals surface area contributed by atoms with Crippen molar-refractivity contribution < 1.29 is 4.74 Å². The minimum Gasteiger partial charge on any atom is -0.494 e. The second kappa shape index (κ2) is 7.18. The van der Waals surface area contributed by atoms with Gasteiger partial charge in [0.05, 0.1) is 6.61 Å². The molecule has 0 atom stereocenters.